The Morgan fingerprint density at radius 1 is 0.339 bits per heavy atom. The van der Waals surface area contributed by atoms with Gasteiger partial charge in [0.2, 0.25) is 0 Å². The summed E-state index contributed by atoms with van der Waals surface area (Å²) in [6.07, 6.45) is 25.1. The van der Waals surface area contributed by atoms with E-state index in [0.717, 1.165) is 151 Å². The minimum atomic E-state index is -2.99. The summed E-state index contributed by atoms with van der Waals surface area (Å²) in [5.74, 6) is 0.189. The first-order chi connectivity index (χ1) is 28.3. The summed E-state index contributed by atoms with van der Waals surface area (Å²) in [5, 5.41) is 0. The number of ketones is 1. The molecule has 0 aromatic heterocycles. The largest absolute Gasteiger partial charge is 0.518 e. The number of carbonyl (C=O) groups excluding carboxylic acids is 1. The fourth-order valence-electron chi connectivity index (χ4n) is 8.70. The molecular formula is C48H104O6Si5. The Morgan fingerprint density at radius 3 is 0.780 bits per heavy atom. The van der Waals surface area contributed by atoms with Crippen LogP contribution in [0.2, 0.25) is 66.5 Å². The number of rotatable bonds is 44. The monoisotopic (exact) mass is 917 g/mol. The van der Waals surface area contributed by atoms with Gasteiger partial charge in [0.15, 0.2) is 14.1 Å². The number of unbranched alkanes of at least 4 members (excludes halogenated alkanes) is 11. The molecule has 59 heavy (non-hydrogen) atoms. The van der Waals surface area contributed by atoms with Crippen molar-refractivity contribution >= 4 is 48.3 Å². The minimum Gasteiger partial charge on any atom is -0.518 e. The van der Waals surface area contributed by atoms with Crippen molar-refractivity contribution in [1.82, 2.24) is 0 Å². The second-order valence-electron chi connectivity index (χ2n) is 18.5. The molecule has 0 fully saturated rings. The van der Waals surface area contributed by atoms with Crippen LogP contribution >= 0.6 is 0 Å². The Labute approximate surface area is 375 Å². The zero-order chi connectivity index (χ0) is 44.5. The average molecular weight is 918 g/mol. The van der Waals surface area contributed by atoms with Crippen molar-refractivity contribution in [3.8, 4) is 0 Å². The zero-order valence-corrected chi connectivity index (χ0v) is 47.0. The third kappa shape index (κ3) is 23.6. The van der Waals surface area contributed by atoms with Gasteiger partial charge in [-0.05, 0) is 54.4 Å². The number of Topliss-reactive ketones (excluding diaryl/α,β-unsaturated/α-hetero) is 1. The van der Waals surface area contributed by atoms with Gasteiger partial charge in [-0.3, -0.25) is 4.79 Å². The van der Waals surface area contributed by atoms with Crippen LogP contribution in [0.4, 0.5) is 0 Å². The average Bonchev–Trinajstić information content (AvgIpc) is 3.23. The van der Waals surface area contributed by atoms with Crippen molar-refractivity contribution in [3.63, 3.8) is 0 Å². The quantitative estimate of drug-likeness (QED) is 0.0345. The zero-order valence-electron chi connectivity index (χ0n) is 42.0. The Hall–Kier alpha value is 0.134. The fraction of sp³-hybridized carbons (Fsp3) is 0.938. The standard InChI is InChI=1S/C48H104O6Si5/c1-14-25-36-55(37-26-15-2,38-27-16-3)51-57(41-30-19-6,42-31-20-7)53-59(45-34-23-10,46-35-24-11)54-58(43-32-21-8,44-33-22-9)52-56(39-28-17-4,40-29-18-5)50-48(13)47(12)49/h13-46H2,1-12H3. The molecule has 0 bridgehead atoms. The van der Waals surface area contributed by atoms with Crippen LogP contribution in [0.1, 0.15) is 224 Å². The van der Waals surface area contributed by atoms with Gasteiger partial charge in [0.1, 0.15) is 5.76 Å². The summed E-state index contributed by atoms with van der Waals surface area (Å²) in [7, 11) is -13.8. The summed E-state index contributed by atoms with van der Waals surface area (Å²) in [6, 6.07) is 11.7. The molecule has 0 saturated carbocycles. The molecule has 0 heterocycles. The van der Waals surface area contributed by atoms with E-state index in [4.69, 9.17) is 20.9 Å². The maximum Gasteiger partial charge on any atom is 0.390 e. The molecule has 0 aromatic rings. The highest BCUT2D eigenvalue weighted by Crippen LogP contribution is 2.44. The molecular weight excluding hydrogens is 813 g/mol. The summed E-state index contributed by atoms with van der Waals surface area (Å²) in [6.45, 7) is 31.5. The van der Waals surface area contributed by atoms with Gasteiger partial charge in [-0.25, -0.2) is 0 Å². The highest BCUT2D eigenvalue weighted by Gasteiger charge is 2.58. The van der Waals surface area contributed by atoms with E-state index in [0.29, 0.717) is 0 Å². The molecule has 0 aliphatic heterocycles. The van der Waals surface area contributed by atoms with Crippen LogP contribution in [-0.4, -0.2) is 48.3 Å². The van der Waals surface area contributed by atoms with Crippen molar-refractivity contribution in [2.75, 3.05) is 0 Å². The lowest BCUT2D eigenvalue weighted by Gasteiger charge is -2.50. The smallest absolute Gasteiger partial charge is 0.390 e. The molecule has 0 spiro atoms. The van der Waals surface area contributed by atoms with Gasteiger partial charge < -0.3 is 20.9 Å². The first-order valence-corrected chi connectivity index (χ1v) is 37.5. The Balaban J connectivity index is 8.34. The van der Waals surface area contributed by atoms with Gasteiger partial charge in [0, 0.05) is 19.0 Å². The van der Waals surface area contributed by atoms with Crippen LogP contribution in [0.3, 0.4) is 0 Å². The first kappa shape index (κ1) is 59.1. The van der Waals surface area contributed by atoms with Gasteiger partial charge in [0.25, 0.3) is 0 Å². The molecule has 0 N–H and O–H groups in total. The molecule has 0 aliphatic rings. The molecule has 6 nitrogen and oxygen atoms in total. The van der Waals surface area contributed by atoms with E-state index in [-0.39, 0.29) is 11.5 Å². The summed E-state index contributed by atoms with van der Waals surface area (Å²) >= 11 is 0. The van der Waals surface area contributed by atoms with E-state index in [1.807, 2.05) is 0 Å². The van der Waals surface area contributed by atoms with Crippen LogP contribution in [0.25, 0.3) is 0 Å². The van der Waals surface area contributed by atoms with Crippen LogP contribution in [0.5, 0.6) is 0 Å². The fourth-order valence-corrected chi connectivity index (χ4v) is 41.4. The first-order valence-electron chi connectivity index (χ1n) is 26.0. The molecule has 0 aliphatic carbocycles. The second-order valence-corrected chi connectivity index (χ2v) is 37.1. The molecule has 0 radical (unpaired) electrons. The van der Waals surface area contributed by atoms with E-state index < -0.39 is 42.6 Å². The Bertz CT molecular complexity index is 992. The second kappa shape index (κ2) is 34.5. The molecule has 352 valence electrons. The summed E-state index contributed by atoms with van der Waals surface area (Å²) in [5.41, 5.74) is 0. The van der Waals surface area contributed by atoms with Gasteiger partial charge >= 0.3 is 34.2 Å². The molecule has 0 rings (SSSR count). The van der Waals surface area contributed by atoms with Gasteiger partial charge in [-0.2, -0.15) is 0 Å². The van der Waals surface area contributed by atoms with E-state index in [9.17, 15) is 4.79 Å². The van der Waals surface area contributed by atoms with Gasteiger partial charge in [-0.15, -0.1) is 0 Å². The van der Waals surface area contributed by atoms with E-state index in [2.05, 4.69) is 82.7 Å². The number of hydrogen-bond acceptors (Lipinski definition) is 6. The number of allylic oxidation sites excluding steroid dienone is 1. The van der Waals surface area contributed by atoms with Crippen LogP contribution in [0.15, 0.2) is 12.3 Å². The SMILES string of the molecule is C=C(O[Si](CCCC)(CCCC)O[Si](CCCC)(CCCC)O[Si](CCCC)(CCCC)O[Si](CCCC)(CCCC)O[Si](CCCC)(CCCC)CCCC)C(C)=O. The minimum absolute atomic E-state index is 0.0895. The maximum absolute atomic E-state index is 12.9. The topological polar surface area (TPSA) is 63.2 Å². The number of carbonyl (C=O) groups is 1. The molecule has 0 atom stereocenters. The van der Waals surface area contributed by atoms with Crippen molar-refractivity contribution < 1.29 is 25.7 Å². The van der Waals surface area contributed by atoms with E-state index >= 15 is 0 Å². The van der Waals surface area contributed by atoms with Gasteiger partial charge in [-0.1, -0.05) is 224 Å². The Kier molecular flexibility index (Phi) is 34.6. The highest BCUT2D eigenvalue weighted by molar-refractivity contribution is 6.92. The van der Waals surface area contributed by atoms with Crippen molar-refractivity contribution in [2.24, 2.45) is 0 Å². The molecule has 0 unspecified atom stereocenters. The van der Waals surface area contributed by atoms with Crippen molar-refractivity contribution in [2.45, 2.75) is 291 Å². The molecule has 0 saturated heterocycles. The summed E-state index contributed by atoms with van der Waals surface area (Å²) in [4.78, 5) is 12.9. The lowest BCUT2D eigenvalue weighted by Crippen LogP contribution is -2.65. The van der Waals surface area contributed by atoms with Crippen LogP contribution < -0.4 is 0 Å². The molecule has 11 heteroatoms. The number of hydrogen-bond donors (Lipinski definition) is 0. The highest BCUT2D eigenvalue weighted by atomic mass is 28.5. The molecule has 0 aromatic carbocycles. The van der Waals surface area contributed by atoms with Crippen LogP contribution in [-0.2, 0) is 25.7 Å². The van der Waals surface area contributed by atoms with Crippen LogP contribution in [0, 0.1) is 0 Å². The normalized spacial score (nSPS) is 13.0. The molecule has 0 amide bonds. The predicted octanol–water partition coefficient (Wildman–Crippen LogP) is 17.7. The lowest BCUT2D eigenvalue weighted by atomic mass is 10.4. The van der Waals surface area contributed by atoms with Crippen molar-refractivity contribution in [3.05, 3.63) is 12.3 Å². The summed E-state index contributed by atoms with van der Waals surface area (Å²) < 4.78 is 40.2. The Morgan fingerprint density at radius 2 is 0.542 bits per heavy atom. The van der Waals surface area contributed by atoms with E-state index in [1.165, 1.54) is 56.7 Å². The van der Waals surface area contributed by atoms with Gasteiger partial charge in [0.05, 0.1) is 0 Å². The van der Waals surface area contributed by atoms with Crippen molar-refractivity contribution in [1.29, 1.82) is 0 Å². The van der Waals surface area contributed by atoms with E-state index in [1.54, 1.807) is 6.92 Å². The maximum atomic E-state index is 12.9. The predicted molar refractivity (Wildman–Crippen MR) is 271 cm³/mol. The third-order valence-corrected chi connectivity index (χ3v) is 38.0. The third-order valence-electron chi connectivity index (χ3n) is 12.5. The lowest BCUT2D eigenvalue weighted by molar-refractivity contribution is -0.115.